The fraction of sp³-hybridized carbons (Fsp3) is 0.368. The van der Waals surface area contributed by atoms with Crippen molar-refractivity contribution in [2.24, 2.45) is 0 Å². The number of methoxy groups -OCH3 is 1. The first kappa shape index (κ1) is 18.5. The molecule has 26 heavy (non-hydrogen) atoms. The molecule has 0 unspecified atom stereocenters. The van der Waals surface area contributed by atoms with Gasteiger partial charge in [0.25, 0.3) is 5.91 Å². The second-order valence-electron chi connectivity index (χ2n) is 6.13. The number of nitrogens with zero attached hydrogens (tertiary/aromatic N) is 3. The van der Waals surface area contributed by atoms with Gasteiger partial charge in [-0.05, 0) is 24.3 Å². The topological polar surface area (TPSA) is 57.7 Å². The fourth-order valence-electron chi connectivity index (χ4n) is 2.99. The predicted molar refractivity (Wildman–Crippen MR) is 104 cm³/mol. The van der Waals surface area contributed by atoms with Crippen molar-refractivity contribution in [3.8, 4) is 0 Å². The molecule has 1 amide bonds. The summed E-state index contributed by atoms with van der Waals surface area (Å²) in [6.07, 6.45) is 3.40. The first-order valence-corrected chi connectivity index (χ1v) is 9.03. The Kier molecular flexibility index (Phi) is 6.30. The second-order valence-corrected chi connectivity index (χ2v) is 6.57. The summed E-state index contributed by atoms with van der Waals surface area (Å²) in [7, 11) is 1.61. The third kappa shape index (κ3) is 4.65. The predicted octanol–water partition coefficient (Wildman–Crippen LogP) is 2.44. The van der Waals surface area contributed by atoms with Crippen LogP contribution in [0.5, 0.6) is 0 Å². The molecular weight excluding hydrogens is 352 g/mol. The van der Waals surface area contributed by atoms with Crippen LogP contribution in [-0.4, -0.2) is 57.3 Å². The summed E-state index contributed by atoms with van der Waals surface area (Å²) < 4.78 is 4.95. The van der Waals surface area contributed by atoms with E-state index in [0.717, 1.165) is 42.6 Å². The van der Waals surface area contributed by atoms with Crippen LogP contribution in [0.2, 0.25) is 5.02 Å². The van der Waals surface area contributed by atoms with Crippen LogP contribution in [0, 0.1) is 0 Å². The van der Waals surface area contributed by atoms with Crippen LogP contribution in [0.4, 0.5) is 11.4 Å². The van der Waals surface area contributed by atoms with E-state index < -0.39 is 0 Å². The van der Waals surface area contributed by atoms with Crippen molar-refractivity contribution in [1.29, 1.82) is 0 Å². The number of benzene rings is 1. The molecule has 0 radical (unpaired) electrons. The number of hydrogen-bond acceptors (Lipinski definition) is 5. The zero-order valence-electron chi connectivity index (χ0n) is 14.8. The van der Waals surface area contributed by atoms with Gasteiger partial charge in [0.2, 0.25) is 0 Å². The number of carbonyl (C=O) groups is 1. The Labute approximate surface area is 158 Å². The average Bonchev–Trinajstić information content (AvgIpc) is 2.68. The van der Waals surface area contributed by atoms with Gasteiger partial charge in [-0.15, -0.1) is 0 Å². The van der Waals surface area contributed by atoms with E-state index in [1.807, 2.05) is 24.3 Å². The number of amides is 1. The highest BCUT2D eigenvalue weighted by molar-refractivity contribution is 6.30. The first-order chi connectivity index (χ1) is 12.7. The summed E-state index contributed by atoms with van der Waals surface area (Å²) in [5, 5.41) is 3.57. The van der Waals surface area contributed by atoms with Gasteiger partial charge < -0.3 is 19.9 Å². The highest BCUT2D eigenvalue weighted by atomic mass is 35.5. The van der Waals surface area contributed by atoms with Gasteiger partial charge in [-0.1, -0.05) is 17.7 Å². The molecule has 6 nitrogen and oxygen atoms in total. The van der Waals surface area contributed by atoms with Crippen LogP contribution in [0.1, 0.15) is 10.4 Å². The molecule has 0 bridgehead atoms. The quantitative estimate of drug-likeness (QED) is 0.787. The normalized spacial score (nSPS) is 14.4. The van der Waals surface area contributed by atoms with E-state index in [9.17, 15) is 4.79 Å². The van der Waals surface area contributed by atoms with E-state index in [1.54, 1.807) is 19.5 Å². The van der Waals surface area contributed by atoms with Gasteiger partial charge in [-0.3, -0.25) is 9.78 Å². The number of anilines is 2. The molecule has 1 aromatic heterocycles. The van der Waals surface area contributed by atoms with Crippen molar-refractivity contribution in [3.63, 3.8) is 0 Å². The number of hydrogen-bond donors (Lipinski definition) is 1. The highest BCUT2D eigenvalue weighted by Gasteiger charge is 2.19. The molecule has 0 atom stereocenters. The minimum absolute atomic E-state index is 0.131. The summed E-state index contributed by atoms with van der Waals surface area (Å²) >= 11 is 6.09. The van der Waals surface area contributed by atoms with E-state index in [-0.39, 0.29) is 5.91 Å². The molecule has 1 aliphatic heterocycles. The van der Waals surface area contributed by atoms with Gasteiger partial charge >= 0.3 is 0 Å². The second kappa shape index (κ2) is 8.87. The Morgan fingerprint density at radius 2 is 1.88 bits per heavy atom. The fourth-order valence-corrected chi connectivity index (χ4v) is 3.17. The number of ether oxygens (including phenoxy) is 1. The molecule has 0 spiro atoms. The largest absolute Gasteiger partial charge is 0.383 e. The Bertz CT molecular complexity index is 748. The maximum atomic E-state index is 12.2. The van der Waals surface area contributed by atoms with Crippen LogP contribution in [0.3, 0.4) is 0 Å². The highest BCUT2D eigenvalue weighted by Crippen LogP contribution is 2.23. The van der Waals surface area contributed by atoms with Gasteiger partial charge in [0.05, 0.1) is 24.1 Å². The molecule has 7 heteroatoms. The Morgan fingerprint density at radius 1 is 1.15 bits per heavy atom. The molecule has 1 saturated heterocycles. The maximum absolute atomic E-state index is 12.2. The average molecular weight is 375 g/mol. The molecular formula is C19H23ClN4O2. The van der Waals surface area contributed by atoms with Gasteiger partial charge in [-0.2, -0.15) is 0 Å². The Hall–Kier alpha value is -2.31. The number of nitrogens with one attached hydrogen (secondary N) is 1. The third-order valence-electron chi connectivity index (χ3n) is 4.40. The van der Waals surface area contributed by atoms with Crippen molar-refractivity contribution < 1.29 is 9.53 Å². The van der Waals surface area contributed by atoms with Gasteiger partial charge in [0.1, 0.15) is 0 Å². The third-order valence-corrected chi connectivity index (χ3v) is 4.63. The van der Waals surface area contributed by atoms with E-state index in [0.29, 0.717) is 18.7 Å². The van der Waals surface area contributed by atoms with Crippen molar-refractivity contribution in [2.75, 3.05) is 56.2 Å². The summed E-state index contributed by atoms with van der Waals surface area (Å²) in [5.41, 5.74) is 2.67. The number of halogens is 1. The van der Waals surface area contributed by atoms with E-state index in [4.69, 9.17) is 16.3 Å². The lowest BCUT2D eigenvalue weighted by Crippen LogP contribution is -2.46. The van der Waals surface area contributed by atoms with Crippen molar-refractivity contribution in [1.82, 2.24) is 10.3 Å². The summed E-state index contributed by atoms with van der Waals surface area (Å²) in [6, 6.07) is 9.82. The van der Waals surface area contributed by atoms with Crippen LogP contribution >= 0.6 is 11.6 Å². The standard InChI is InChI=1S/C19H23ClN4O2/c1-26-10-5-22-19(25)15-11-18(14-21-13-15)24-8-6-23(7-9-24)17-4-2-3-16(20)12-17/h2-4,11-14H,5-10H2,1H3,(H,22,25). The zero-order chi connectivity index (χ0) is 18.4. The zero-order valence-corrected chi connectivity index (χ0v) is 15.6. The molecule has 138 valence electrons. The Balaban J connectivity index is 1.61. The van der Waals surface area contributed by atoms with E-state index in [2.05, 4.69) is 26.2 Å². The molecule has 1 fully saturated rings. The van der Waals surface area contributed by atoms with Crippen LogP contribution in [0.15, 0.2) is 42.7 Å². The minimum Gasteiger partial charge on any atom is -0.383 e. The lowest BCUT2D eigenvalue weighted by molar-refractivity contribution is 0.0936. The summed E-state index contributed by atoms with van der Waals surface area (Å²) in [6.45, 7) is 4.49. The molecule has 1 aliphatic rings. The lowest BCUT2D eigenvalue weighted by Gasteiger charge is -2.37. The van der Waals surface area contributed by atoms with Gasteiger partial charge in [0.15, 0.2) is 0 Å². The molecule has 1 N–H and O–H groups in total. The van der Waals surface area contributed by atoms with Crippen molar-refractivity contribution in [3.05, 3.63) is 53.3 Å². The minimum atomic E-state index is -0.131. The number of rotatable bonds is 6. The SMILES string of the molecule is COCCNC(=O)c1cncc(N2CCN(c3cccc(Cl)c3)CC2)c1. The maximum Gasteiger partial charge on any atom is 0.253 e. The number of piperazine rings is 1. The molecule has 1 aromatic carbocycles. The smallest absolute Gasteiger partial charge is 0.253 e. The van der Waals surface area contributed by atoms with E-state index >= 15 is 0 Å². The number of carbonyl (C=O) groups excluding carboxylic acids is 1. The Morgan fingerprint density at radius 3 is 2.58 bits per heavy atom. The van der Waals surface area contributed by atoms with Crippen molar-refractivity contribution in [2.45, 2.75) is 0 Å². The molecule has 2 heterocycles. The molecule has 3 rings (SSSR count). The summed E-state index contributed by atoms with van der Waals surface area (Å²) in [5.74, 6) is -0.131. The van der Waals surface area contributed by atoms with Crippen molar-refractivity contribution >= 4 is 28.9 Å². The summed E-state index contributed by atoms with van der Waals surface area (Å²) in [4.78, 5) is 21.0. The number of pyridine rings is 1. The molecule has 0 saturated carbocycles. The first-order valence-electron chi connectivity index (χ1n) is 8.65. The monoisotopic (exact) mass is 374 g/mol. The molecule has 2 aromatic rings. The van der Waals surface area contributed by atoms with Crippen LogP contribution < -0.4 is 15.1 Å². The molecule has 0 aliphatic carbocycles. The number of aromatic nitrogens is 1. The van der Waals surface area contributed by atoms with E-state index in [1.165, 1.54) is 0 Å². The van der Waals surface area contributed by atoms with Crippen LogP contribution in [0.25, 0.3) is 0 Å². The van der Waals surface area contributed by atoms with Gasteiger partial charge in [0, 0.05) is 56.7 Å². The van der Waals surface area contributed by atoms with Crippen LogP contribution in [-0.2, 0) is 4.74 Å². The lowest BCUT2D eigenvalue weighted by atomic mass is 10.2. The van der Waals surface area contributed by atoms with Gasteiger partial charge in [-0.25, -0.2) is 0 Å².